The van der Waals surface area contributed by atoms with Crippen molar-refractivity contribution in [3.63, 3.8) is 0 Å². The predicted molar refractivity (Wildman–Crippen MR) is 53.7 cm³/mol. The maximum Gasteiger partial charge on any atom is 0.269 e. The molecule has 1 aliphatic rings. The molecule has 0 saturated carbocycles. The SMILES string of the molecule is O=C1CC=NN1c1ccc([N+](=O)[O-])cc1. The highest BCUT2D eigenvalue weighted by Gasteiger charge is 2.18. The number of carbonyl (C=O) groups excluding carboxylic acids is 1. The van der Waals surface area contributed by atoms with E-state index in [4.69, 9.17) is 0 Å². The molecule has 0 unspecified atom stereocenters. The summed E-state index contributed by atoms with van der Waals surface area (Å²) in [6, 6.07) is 5.68. The molecule has 0 N–H and O–H groups in total. The van der Waals surface area contributed by atoms with Gasteiger partial charge in [-0.3, -0.25) is 14.9 Å². The first kappa shape index (κ1) is 9.32. The molecule has 2 rings (SSSR count). The van der Waals surface area contributed by atoms with Gasteiger partial charge in [-0.05, 0) is 12.1 Å². The molecule has 0 aromatic heterocycles. The van der Waals surface area contributed by atoms with Gasteiger partial charge in [-0.15, -0.1) is 0 Å². The zero-order valence-electron chi connectivity index (χ0n) is 7.66. The van der Waals surface area contributed by atoms with Gasteiger partial charge >= 0.3 is 0 Å². The number of amides is 1. The molecule has 1 heterocycles. The maximum absolute atomic E-state index is 11.3. The van der Waals surface area contributed by atoms with E-state index in [2.05, 4.69) is 5.10 Å². The molecule has 0 radical (unpaired) electrons. The zero-order valence-corrected chi connectivity index (χ0v) is 7.66. The Kier molecular flexibility index (Phi) is 2.17. The van der Waals surface area contributed by atoms with Gasteiger partial charge in [-0.2, -0.15) is 5.10 Å². The van der Waals surface area contributed by atoms with Crippen LogP contribution in [-0.2, 0) is 4.79 Å². The number of non-ortho nitro benzene ring substituents is 1. The number of nitro benzene ring substituents is 1. The van der Waals surface area contributed by atoms with Gasteiger partial charge in [0.25, 0.3) is 11.6 Å². The minimum Gasteiger partial charge on any atom is -0.272 e. The van der Waals surface area contributed by atoms with Gasteiger partial charge < -0.3 is 0 Å². The molecular formula is C9H7N3O3. The molecule has 76 valence electrons. The van der Waals surface area contributed by atoms with Gasteiger partial charge in [0.1, 0.15) is 0 Å². The van der Waals surface area contributed by atoms with Crippen LogP contribution in [0.3, 0.4) is 0 Å². The third-order valence-corrected chi connectivity index (χ3v) is 2.00. The molecule has 1 aliphatic heterocycles. The molecule has 15 heavy (non-hydrogen) atoms. The molecule has 6 nitrogen and oxygen atoms in total. The summed E-state index contributed by atoms with van der Waals surface area (Å²) < 4.78 is 0. The topological polar surface area (TPSA) is 75.8 Å². The number of nitrogens with zero attached hydrogens (tertiary/aromatic N) is 3. The van der Waals surface area contributed by atoms with E-state index in [0.717, 1.165) is 0 Å². The number of hydrazone groups is 1. The molecule has 0 aliphatic carbocycles. The molecule has 0 atom stereocenters. The smallest absolute Gasteiger partial charge is 0.269 e. The van der Waals surface area contributed by atoms with Crippen LogP contribution in [0.25, 0.3) is 0 Å². The second kappa shape index (κ2) is 3.49. The lowest BCUT2D eigenvalue weighted by molar-refractivity contribution is -0.384. The molecule has 6 heteroatoms. The summed E-state index contributed by atoms with van der Waals surface area (Å²) in [5.41, 5.74) is 0.536. The fraction of sp³-hybridized carbons (Fsp3) is 0.111. The second-order valence-electron chi connectivity index (χ2n) is 2.98. The Morgan fingerprint density at radius 3 is 2.47 bits per heavy atom. The van der Waals surface area contributed by atoms with Crippen LogP contribution in [0, 0.1) is 10.1 Å². The van der Waals surface area contributed by atoms with E-state index in [1.54, 1.807) is 0 Å². The van der Waals surface area contributed by atoms with Crippen LogP contribution in [0.5, 0.6) is 0 Å². The lowest BCUT2D eigenvalue weighted by atomic mass is 10.3. The number of anilines is 1. The van der Waals surface area contributed by atoms with Crippen LogP contribution >= 0.6 is 0 Å². The zero-order chi connectivity index (χ0) is 10.8. The Bertz CT molecular complexity index is 438. The van der Waals surface area contributed by atoms with Crippen molar-refractivity contribution in [3.8, 4) is 0 Å². The minimum atomic E-state index is -0.487. The van der Waals surface area contributed by atoms with Crippen LogP contribution < -0.4 is 5.01 Å². The first-order valence-electron chi connectivity index (χ1n) is 4.28. The highest BCUT2D eigenvalue weighted by Crippen LogP contribution is 2.21. The van der Waals surface area contributed by atoms with E-state index in [1.807, 2.05) is 0 Å². The molecule has 0 spiro atoms. The van der Waals surface area contributed by atoms with Gasteiger partial charge in [-0.1, -0.05) is 0 Å². The standard InChI is InChI=1S/C9H7N3O3/c13-9-5-6-10-11(9)7-1-3-8(4-2-7)12(14)15/h1-4,6H,5H2. The minimum absolute atomic E-state index is 0.00521. The number of hydrogen-bond donors (Lipinski definition) is 0. The highest BCUT2D eigenvalue weighted by atomic mass is 16.6. The van der Waals surface area contributed by atoms with Crippen molar-refractivity contribution < 1.29 is 9.72 Å². The Morgan fingerprint density at radius 2 is 2.00 bits per heavy atom. The average Bonchev–Trinajstić information content (AvgIpc) is 2.65. The van der Waals surface area contributed by atoms with E-state index >= 15 is 0 Å². The van der Waals surface area contributed by atoms with E-state index in [1.165, 1.54) is 35.5 Å². The lowest BCUT2D eigenvalue weighted by Gasteiger charge is -2.10. The number of rotatable bonds is 2. The quantitative estimate of drug-likeness (QED) is 0.539. The fourth-order valence-corrected chi connectivity index (χ4v) is 1.28. The van der Waals surface area contributed by atoms with Crippen molar-refractivity contribution in [1.82, 2.24) is 0 Å². The van der Waals surface area contributed by atoms with Crippen molar-refractivity contribution in [2.24, 2.45) is 5.10 Å². The van der Waals surface area contributed by atoms with Crippen LogP contribution in [0.2, 0.25) is 0 Å². The van der Waals surface area contributed by atoms with Crippen molar-refractivity contribution in [3.05, 3.63) is 34.4 Å². The number of nitro groups is 1. The van der Waals surface area contributed by atoms with Crippen LogP contribution in [0.15, 0.2) is 29.4 Å². The van der Waals surface area contributed by atoms with Crippen molar-refractivity contribution in [1.29, 1.82) is 0 Å². The van der Waals surface area contributed by atoms with E-state index in [9.17, 15) is 14.9 Å². The molecule has 0 saturated heterocycles. The van der Waals surface area contributed by atoms with Gasteiger partial charge in [0.2, 0.25) is 0 Å². The summed E-state index contributed by atoms with van der Waals surface area (Å²) >= 11 is 0. The van der Waals surface area contributed by atoms with Crippen LogP contribution in [0.4, 0.5) is 11.4 Å². The highest BCUT2D eigenvalue weighted by molar-refractivity contribution is 6.05. The Morgan fingerprint density at radius 1 is 1.33 bits per heavy atom. The summed E-state index contributed by atoms with van der Waals surface area (Å²) in [6.45, 7) is 0. The number of benzene rings is 1. The summed E-state index contributed by atoms with van der Waals surface area (Å²) in [5.74, 6) is -0.135. The average molecular weight is 205 g/mol. The van der Waals surface area contributed by atoms with Crippen molar-refractivity contribution in [2.45, 2.75) is 6.42 Å². The summed E-state index contributed by atoms with van der Waals surface area (Å²) in [7, 11) is 0. The third-order valence-electron chi connectivity index (χ3n) is 2.00. The number of carbonyl (C=O) groups is 1. The van der Waals surface area contributed by atoms with Crippen molar-refractivity contribution >= 4 is 23.5 Å². The molecule has 0 fully saturated rings. The Balaban J connectivity index is 2.27. The predicted octanol–water partition coefficient (Wildman–Crippen LogP) is 1.32. The first-order valence-corrected chi connectivity index (χ1v) is 4.28. The fourth-order valence-electron chi connectivity index (χ4n) is 1.28. The van der Waals surface area contributed by atoms with Gasteiger partial charge in [0.05, 0.1) is 17.0 Å². The van der Waals surface area contributed by atoms with Crippen LogP contribution in [0.1, 0.15) is 6.42 Å². The Labute approximate surface area is 85.0 Å². The maximum atomic E-state index is 11.3. The lowest BCUT2D eigenvalue weighted by Crippen LogP contribution is -2.19. The molecule has 1 amide bonds. The van der Waals surface area contributed by atoms with Gasteiger partial charge in [0, 0.05) is 18.3 Å². The molecule has 0 bridgehead atoms. The van der Waals surface area contributed by atoms with E-state index < -0.39 is 4.92 Å². The van der Waals surface area contributed by atoms with Gasteiger partial charge in [-0.25, -0.2) is 5.01 Å². The summed E-state index contributed by atoms with van der Waals surface area (Å²) in [6.07, 6.45) is 1.78. The largest absolute Gasteiger partial charge is 0.272 e. The summed E-state index contributed by atoms with van der Waals surface area (Å²) in [4.78, 5) is 21.2. The van der Waals surface area contributed by atoms with E-state index in [0.29, 0.717) is 5.69 Å². The number of hydrogen-bond acceptors (Lipinski definition) is 4. The van der Waals surface area contributed by atoms with Gasteiger partial charge in [0.15, 0.2) is 0 Å². The van der Waals surface area contributed by atoms with E-state index in [-0.39, 0.29) is 18.0 Å². The normalized spacial score (nSPS) is 14.7. The van der Waals surface area contributed by atoms with Crippen LogP contribution in [-0.4, -0.2) is 17.0 Å². The molecule has 1 aromatic rings. The molecular weight excluding hydrogens is 198 g/mol. The Hall–Kier alpha value is -2.24. The summed E-state index contributed by atoms with van der Waals surface area (Å²) in [5, 5.41) is 15.5. The monoisotopic (exact) mass is 205 g/mol. The first-order chi connectivity index (χ1) is 7.18. The van der Waals surface area contributed by atoms with Crippen molar-refractivity contribution in [2.75, 3.05) is 5.01 Å². The third kappa shape index (κ3) is 1.69. The molecule has 1 aromatic carbocycles. The second-order valence-corrected chi connectivity index (χ2v) is 2.98.